The molecule has 2 aromatic carbocycles. The van der Waals surface area contributed by atoms with E-state index in [1.165, 1.54) is 5.56 Å². The van der Waals surface area contributed by atoms with Gasteiger partial charge in [-0.1, -0.05) is 41.4 Å². The molecule has 0 saturated carbocycles. The van der Waals surface area contributed by atoms with E-state index in [0.29, 0.717) is 5.02 Å². The first-order valence-corrected chi connectivity index (χ1v) is 8.22. The van der Waals surface area contributed by atoms with Crippen molar-refractivity contribution >= 4 is 23.3 Å². The maximum absolute atomic E-state index is 12.9. The van der Waals surface area contributed by atoms with Crippen molar-refractivity contribution in [2.75, 3.05) is 18.0 Å². The van der Waals surface area contributed by atoms with E-state index < -0.39 is 0 Å². The maximum Gasteiger partial charge on any atom is 0.340 e. The molecule has 0 radical (unpaired) electrons. The van der Waals surface area contributed by atoms with Gasteiger partial charge in [0.05, 0.1) is 0 Å². The van der Waals surface area contributed by atoms with Gasteiger partial charge in [-0.15, -0.1) is 0 Å². The lowest BCUT2D eigenvalue weighted by atomic mass is 10.1. The lowest BCUT2D eigenvalue weighted by Crippen LogP contribution is -2.32. The Balaban J connectivity index is 1.79. The van der Waals surface area contributed by atoms with Crippen LogP contribution in [0.15, 0.2) is 48.5 Å². The van der Waals surface area contributed by atoms with E-state index in [0.717, 1.165) is 30.8 Å². The lowest BCUT2D eigenvalue weighted by Gasteiger charge is -2.28. The van der Waals surface area contributed by atoms with Crippen molar-refractivity contribution in [2.24, 2.45) is 0 Å². The van der Waals surface area contributed by atoms with E-state index in [9.17, 15) is 4.79 Å². The van der Waals surface area contributed by atoms with Crippen LogP contribution in [-0.4, -0.2) is 29.1 Å². The molecule has 5 heteroatoms. The Morgan fingerprint density at radius 2 is 1.70 bits per heavy atom. The first-order chi connectivity index (χ1) is 11.1. The first kappa shape index (κ1) is 14.5. The fraction of sp³-hybridized carbons (Fsp3) is 0.278. The molecule has 0 aliphatic carbocycles. The van der Waals surface area contributed by atoms with Crippen molar-refractivity contribution in [1.29, 1.82) is 0 Å². The van der Waals surface area contributed by atoms with Crippen LogP contribution < -0.4 is 4.90 Å². The smallest absolute Gasteiger partial charge is 0.271 e. The van der Waals surface area contributed by atoms with E-state index in [-0.39, 0.29) is 12.2 Å². The van der Waals surface area contributed by atoms with E-state index >= 15 is 0 Å². The Bertz CT molecular complexity index is 729. The summed E-state index contributed by atoms with van der Waals surface area (Å²) >= 11 is 6.00. The van der Waals surface area contributed by atoms with Gasteiger partial charge in [0.25, 0.3) is 0 Å². The molecule has 4 rings (SSSR count). The zero-order valence-corrected chi connectivity index (χ0v) is 13.7. The van der Waals surface area contributed by atoms with Crippen LogP contribution in [0.1, 0.15) is 23.7 Å². The largest absolute Gasteiger partial charge is 0.340 e. The number of hydrazine groups is 1. The molecule has 0 bridgehead atoms. The molecule has 0 spiro atoms. The van der Waals surface area contributed by atoms with Crippen molar-refractivity contribution in [2.45, 2.75) is 19.5 Å². The summed E-state index contributed by atoms with van der Waals surface area (Å²) < 4.78 is 0. The van der Waals surface area contributed by atoms with E-state index in [1.807, 2.05) is 34.2 Å². The van der Waals surface area contributed by atoms with Crippen LogP contribution in [0.25, 0.3) is 0 Å². The van der Waals surface area contributed by atoms with Crippen LogP contribution >= 0.6 is 11.6 Å². The highest BCUT2D eigenvalue weighted by molar-refractivity contribution is 6.30. The normalized spacial score (nSPS) is 21.1. The van der Waals surface area contributed by atoms with Crippen molar-refractivity contribution in [1.82, 2.24) is 10.0 Å². The topological polar surface area (TPSA) is 26.8 Å². The van der Waals surface area contributed by atoms with Crippen LogP contribution in [0.3, 0.4) is 0 Å². The summed E-state index contributed by atoms with van der Waals surface area (Å²) in [6, 6.07) is 15.9. The number of halogens is 1. The van der Waals surface area contributed by atoms with Gasteiger partial charge in [0, 0.05) is 23.8 Å². The van der Waals surface area contributed by atoms with Gasteiger partial charge in [-0.25, -0.2) is 4.79 Å². The molecule has 0 N–H and O–H groups in total. The molecule has 0 unspecified atom stereocenters. The number of aryl methyl sites for hydroxylation is 1. The molecule has 23 heavy (non-hydrogen) atoms. The van der Waals surface area contributed by atoms with E-state index in [4.69, 9.17) is 11.6 Å². The van der Waals surface area contributed by atoms with Crippen molar-refractivity contribution in [3.63, 3.8) is 0 Å². The summed E-state index contributed by atoms with van der Waals surface area (Å²) in [6.45, 7) is 3.75. The van der Waals surface area contributed by atoms with Gasteiger partial charge in [-0.2, -0.15) is 5.01 Å². The Kier molecular flexibility index (Phi) is 3.51. The molecule has 2 aliphatic heterocycles. The van der Waals surface area contributed by atoms with Crippen molar-refractivity contribution in [3.8, 4) is 0 Å². The van der Waals surface area contributed by atoms with Crippen LogP contribution in [0.2, 0.25) is 5.02 Å². The summed E-state index contributed by atoms with van der Waals surface area (Å²) in [6.07, 6.45) is 0.925. The molecule has 2 aliphatic rings. The molecule has 2 saturated heterocycles. The van der Waals surface area contributed by atoms with Gasteiger partial charge in [0.1, 0.15) is 6.17 Å². The second-order valence-corrected chi connectivity index (χ2v) is 6.49. The second kappa shape index (κ2) is 5.55. The molecule has 2 heterocycles. The highest BCUT2D eigenvalue weighted by Crippen LogP contribution is 2.40. The lowest BCUT2D eigenvalue weighted by molar-refractivity contribution is 0.0728. The Morgan fingerprint density at radius 3 is 2.39 bits per heavy atom. The molecular formula is C18H18ClN3O. The van der Waals surface area contributed by atoms with Gasteiger partial charge >= 0.3 is 6.03 Å². The van der Waals surface area contributed by atoms with Crippen LogP contribution in [0.5, 0.6) is 0 Å². The Hall–Kier alpha value is -2.04. The van der Waals surface area contributed by atoms with Crippen molar-refractivity contribution in [3.05, 3.63) is 64.7 Å². The third-order valence-electron chi connectivity index (χ3n) is 4.50. The summed E-state index contributed by atoms with van der Waals surface area (Å²) in [5, 5.41) is 4.70. The minimum Gasteiger partial charge on any atom is -0.271 e. The SMILES string of the molecule is Cc1ccc([C@H]2N(c3ccc(Cl)cc3)C(=O)N3CCCN23)cc1. The van der Waals surface area contributed by atoms with E-state index in [1.54, 1.807) is 0 Å². The highest BCUT2D eigenvalue weighted by Gasteiger charge is 2.47. The average molecular weight is 328 g/mol. The Labute approximate surface area is 140 Å². The van der Waals surface area contributed by atoms with Crippen LogP contribution in [0, 0.1) is 6.92 Å². The summed E-state index contributed by atoms with van der Waals surface area (Å²) in [5.74, 6) is 0. The van der Waals surface area contributed by atoms with Gasteiger partial charge in [0.15, 0.2) is 0 Å². The van der Waals surface area contributed by atoms with Gasteiger partial charge in [-0.05, 0) is 43.2 Å². The molecule has 2 amide bonds. The molecule has 1 atom stereocenters. The first-order valence-electron chi connectivity index (χ1n) is 7.84. The third-order valence-corrected chi connectivity index (χ3v) is 4.75. The number of anilines is 1. The molecular weight excluding hydrogens is 310 g/mol. The predicted octanol–water partition coefficient (Wildman–Crippen LogP) is 4.21. The molecule has 2 fully saturated rings. The standard InChI is InChI=1S/C18H18ClN3O/c1-13-3-5-14(6-4-13)17-20-11-2-12-21(20)18(23)22(17)16-9-7-15(19)8-10-16/h3-10,17H,2,11-12H2,1H3/t17-/m1/s1. The van der Waals surface area contributed by atoms with Crippen molar-refractivity contribution < 1.29 is 4.79 Å². The zero-order chi connectivity index (χ0) is 16.0. The number of fused-ring (bicyclic) bond motifs is 1. The molecule has 0 aromatic heterocycles. The van der Waals surface area contributed by atoms with E-state index in [2.05, 4.69) is 36.2 Å². The fourth-order valence-corrected chi connectivity index (χ4v) is 3.49. The summed E-state index contributed by atoms with van der Waals surface area (Å²) in [7, 11) is 0. The average Bonchev–Trinajstić information content (AvgIpc) is 3.12. The maximum atomic E-state index is 12.9. The number of carbonyl (C=O) groups is 1. The number of hydrogen-bond donors (Lipinski definition) is 0. The molecule has 118 valence electrons. The minimum absolute atomic E-state index is 0.0374. The summed E-state index contributed by atoms with van der Waals surface area (Å²) in [5.41, 5.74) is 3.22. The quantitative estimate of drug-likeness (QED) is 0.826. The molecule has 2 aromatic rings. The fourth-order valence-electron chi connectivity index (χ4n) is 3.37. The number of benzene rings is 2. The number of urea groups is 1. The van der Waals surface area contributed by atoms with Crippen LogP contribution in [0.4, 0.5) is 10.5 Å². The highest BCUT2D eigenvalue weighted by atomic mass is 35.5. The zero-order valence-electron chi connectivity index (χ0n) is 12.9. The monoisotopic (exact) mass is 327 g/mol. The van der Waals surface area contributed by atoms with Gasteiger partial charge in [0.2, 0.25) is 0 Å². The van der Waals surface area contributed by atoms with Gasteiger partial charge < -0.3 is 0 Å². The number of carbonyl (C=O) groups excluding carboxylic acids is 1. The minimum atomic E-state index is -0.0909. The number of hydrogen-bond acceptors (Lipinski definition) is 2. The summed E-state index contributed by atoms with van der Waals surface area (Å²) in [4.78, 5) is 14.8. The second-order valence-electron chi connectivity index (χ2n) is 6.05. The predicted molar refractivity (Wildman–Crippen MR) is 91.3 cm³/mol. The van der Waals surface area contributed by atoms with Gasteiger partial charge in [-0.3, -0.25) is 9.91 Å². The molecule has 4 nitrogen and oxygen atoms in total. The third kappa shape index (κ3) is 2.38. The Morgan fingerprint density at radius 1 is 1.00 bits per heavy atom. The number of nitrogens with zero attached hydrogens (tertiary/aromatic N) is 3. The number of rotatable bonds is 2. The number of amides is 2. The van der Waals surface area contributed by atoms with Crippen LogP contribution in [-0.2, 0) is 0 Å².